The zero-order valence-electron chi connectivity index (χ0n) is 43.2. The van der Waals surface area contributed by atoms with E-state index in [2.05, 4.69) is 59.4 Å². The number of nitrogens with zero attached hydrogens (tertiary/aromatic N) is 5. The summed E-state index contributed by atoms with van der Waals surface area (Å²) in [5.41, 5.74) is 8.80. The minimum atomic E-state index is -0.743. The number of methoxy groups -OCH3 is 2. The molecule has 5 atom stereocenters. The first-order valence-corrected chi connectivity index (χ1v) is 25.4. The minimum Gasteiger partial charge on any atom is -0.464 e. The molecule has 4 amide bonds. The summed E-state index contributed by atoms with van der Waals surface area (Å²) in [5, 5.41) is 6.39. The third kappa shape index (κ3) is 10.9. The Morgan fingerprint density at radius 3 is 2.07 bits per heavy atom. The van der Waals surface area contributed by atoms with Crippen LogP contribution in [0.1, 0.15) is 106 Å². The maximum atomic E-state index is 17.0. The van der Waals surface area contributed by atoms with Crippen molar-refractivity contribution >= 4 is 123 Å². The fraction of sp³-hybridized carbons (Fsp3) is 0.481. The first kappa shape index (κ1) is 58.4. The van der Waals surface area contributed by atoms with Crippen LogP contribution in [0.25, 0.3) is 33.3 Å². The van der Waals surface area contributed by atoms with Crippen molar-refractivity contribution in [3.05, 3.63) is 87.0 Å². The maximum absolute atomic E-state index is 17.0. The molecule has 2 N–H and O–H groups in total. The number of alkyl carbamates (subject to hydrolysis) is 2. The molecule has 14 nitrogen and oxygen atoms in total. The summed E-state index contributed by atoms with van der Waals surface area (Å²) >= 11 is 1.77. The van der Waals surface area contributed by atoms with Gasteiger partial charge < -0.3 is 34.6 Å². The summed E-state index contributed by atoms with van der Waals surface area (Å²) in [7, 11) is 2.58. The average molecular weight is 1110 g/mol. The highest BCUT2D eigenvalue weighted by Gasteiger charge is 2.41. The quantitative estimate of drug-likeness (QED) is 0.152. The summed E-state index contributed by atoms with van der Waals surface area (Å²) < 4.78 is 35.8. The average Bonchev–Trinajstić information content (AvgIpc) is 4.19. The third-order valence-electron chi connectivity index (χ3n) is 14.9. The Kier molecular flexibility index (Phi) is 18.3. The lowest BCUT2D eigenvalue weighted by Gasteiger charge is -2.31. The standard InChI is InChI=1S/C54H62FN7O7S.4H2S/c1-28(2)47(58-52(65)67-7)49(63)60-15-9-11-40(60)37-19-34(26-56-37)30-13-14-39-32(17-30)21-42-46-36(55)18-31(22-43(46)69-51(62(39)42)44-23-33-24-54(5,6)25-45(33)70-44)35-20-38(57-27-35)41-12-10-16-61(41)50(64)48(29(3)4)59-53(66)68-8;;;;/h13-14,17-18,20-23,26,28-29,40-41,47-48,51H,9-12,15-16,19,24-25,27H2,1-8H3,(H,58,65)(H,59,66);4*1H2/t40-,41-,47-,48-,51?;;;;/m0..../s1. The smallest absolute Gasteiger partial charge is 0.407 e. The minimum absolute atomic E-state index is 0. The van der Waals surface area contributed by atoms with Gasteiger partial charge in [-0.3, -0.25) is 24.1 Å². The van der Waals surface area contributed by atoms with Crippen LogP contribution in [0.5, 0.6) is 5.75 Å². The molecule has 0 spiro atoms. The van der Waals surface area contributed by atoms with Crippen molar-refractivity contribution in [3.63, 3.8) is 0 Å². The van der Waals surface area contributed by atoms with E-state index in [9.17, 15) is 19.2 Å². The highest BCUT2D eigenvalue weighted by Crippen LogP contribution is 2.50. The topological polar surface area (TPSA) is 156 Å². The van der Waals surface area contributed by atoms with Crippen molar-refractivity contribution in [2.75, 3.05) is 33.9 Å². The number of benzene rings is 2. The molecule has 4 aromatic rings. The zero-order chi connectivity index (χ0) is 49.3. The number of fused-ring (bicyclic) bond motifs is 6. The molecule has 1 aliphatic carbocycles. The summed E-state index contributed by atoms with van der Waals surface area (Å²) in [6.07, 6.45) is 7.79. The van der Waals surface area contributed by atoms with Crippen LogP contribution < -0.4 is 15.4 Å². The number of nitrogens with one attached hydrogen (secondary N) is 2. The van der Waals surface area contributed by atoms with Crippen molar-refractivity contribution in [1.29, 1.82) is 0 Å². The summed E-state index contributed by atoms with van der Waals surface area (Å²) in [6.45, 7) is 13.7. The molecule has 2 saturated heterocycles. The number of allylic oxidation sites excluding steroid dienone is 1. The predicted molar refractivity (Wildman–Crippen MR) is 311 cm³/mol. The molecule has 10 rings (SSSR count). The van der Waals surface area contributed by atoms with Gasteiger partial charge in [0.25, 0.3) is 0 Å². The molecular formula is C54H70FN7O7S5. The molecular weight excluding hydrogens is 1040 g/mol. The monoisotopic (exact) mass is 1110 g/mol. The molecule has 1 unspecified atom stereocenters. The van der Waals surface area contributed by atoms with Crippen LogP contribution in [0, 0.1) is 23.1 Å². The van der Waals surface area contributed by atoms with E-state index in [1.54, 1.807) is 17.4 Å². The van der Waals surface area contributed by atoms with Crippen LogP contribution >= 0.6 is 65.3 Å². The molecule has 5 aliphatic heterocycles. The first-order valence-electron chi connectivity index (χ1n) is 24.6. The van der Waals surface area contributed by atoms with Gasteiger partial charge in [0.15, 0.2) is 0 Å². The van der Waals surface area contributed by atoms with Gasteiger partial charge in [0.05, 0.1) is 60.2 Å². The van der Waals surface area contributed by atoms with E-state index in [0.29, 0.717) is 42.9 Å². The second-order valence-corrected chi connectivity index (χ2v) is 22.2. The number of thiophene rings is 1. The van der Waals surface area contributed by atoms with Crippen LogP contribution in [0.3, 0.4) is 0 Å². The molecule has 2 aromatic heterocycles. The fourth-order valence-electron chi connectivity index (χ4n) is 11.4. The Morgan fingerprint density at radius 2 is 1.45 bits per heavy atom. The zero-order valence-corrected chi connectivity index (χ0v) is 48.0. The number of amides is 4. The number of carbonyl (C=O) groups excluding carboxylic acids is 4. The highest BCUT2D eigenvalue weighted by atomic mass is 32.1. The maximum Gasteiger partial charge on any atom is 0.407 e. The van der Waals surface area contributed by atoms with E-state index in [4.69, 9.17) is 24.2 Å². The molecule has 0 bridgehead atoms. The van der Waals surface area contributed by atoms with E-state index in [0.717, 1.165) is 88.1 Å². The van der Waals surface area contributed by atoms with Crippen molar-refractivity contribution < 1.29 is 37.8 Å². The summed E-state index contributed by atoms with van der Waals surface area (Å²) in [5.74, 6) is -0.536. The molecule has 0 radical (unpaired) electrons. The van der Waals surface area contributed by atoms with E-state index in [-0.39, 0.29) is 95.1 Å². The van der Waals surface area contributed by atoms with Crippen LogP contribution in [0.2, 0.25) is 0 Å². The number of ether oxygens (including phenoxy) is 3. The lowest BCUT2D eigenvalue weighted by Crippen LogP contribution is -2.53. The largest absolute Gasteiger partial charge is 0.464 e. The molecule has 0 saturated carbocycles. The number of aromatic nitrogens is 1. The van der Waals surface area contributed by atoms with Gasteiger partial charge >= 0.3 is 12.2 Å². The van der Waals surface area contributed by atoms with Crippen molar-refractivity contribution in [3.8, 4) is 17.0 Å². The van der Waals surface area contributed by atoms with Gasteiger partial charge in [-0.2, -0.15) is 54.0 Å². The number of carbonyl (C=O) groups is 4. The van der Waals surface area contributed by atoms with Crippen LogP contribution in [-0.2, 0) is 31.9 Å². The van der Waals surface area contributed by atoms with Gasteiger partial charge in [-0.15, -0.1) is 11.3 Å². The number of likely N-dealkylation sites (tertiary alicyclic amines) is 2. The normalized spacial score (nSPS) is 20.8. The third-order valence-corrected chi connectivity index (χ3v) is 16.1. The lowest BCUT2D eigenvalue weighted by atomic mass is 9.91. The summed E-state index contributed by atoms with van der Waals surface area (Å²) in [6, 6.07) is 12.3. The highest BCUT2D eigenvalue weighted by molar-refractivity contribution is 7.59. The Labute approximate surface area is 464 Å². The number of halogens is 1. The Bertz CT molecular complexity index is 2940. The SMILES string of the molecule is COC(=O)N[C@H](C(=O)N1CCC[C@H]1C1=NCC(c2cc(F)c3c(c2)OC(c2cc4c(s2)CC(C)(C)C4)n2c-3cc3cc(C4=CN=C([C@@H]5CCCN5C(=O)[C@@H](NC(=O)OC)C(C)C)C4)ccc32)=C1)C(C)C.S.S.S.S. The Balaban J connectivity index is 0.00000223. The van der Waals surface area contributed by atoms with Crippen molar-refractivity contribution in [2.24, 2.45) is 27.2 Å². The number of hydrogen-bond acceptors (Lipinski definition) is 10. The van der Waals surface area contributed by atoms with Crippen molar-refractivity contribution in [1.82, 2.24) is 25.0 Å². The van der Waals surface area contributed by atoms with Crippen LogP contribution in [0.4, 0.5) is 14.0 Å². The molecule has 74 heavy (non-hydrogen) atoms. The van der Waals surface area contributed by atoms with Gasteiger partial charge in [-0.05, 0) is 126 Å². The molecule has 7 heterocycles. The molecule has 20 heteroatoms. The van der Waals surface area contributed by atoms with Gasteiger partial charge in [-0.1, -0.05) is 47.6 Å². The van der Waals surface area contributed by atoms with Crippen molar-refractivity contribution in [2.45, 2.75) is 117 Å². The second-order valence-electron chi connectivity index (χ2n) is 21.0. The second kappa shape index (κ2) is 23.2. The Morgan fingerprint density at radius 1 is 0.811 bits per heavy atom. The first-order chi connectivity index (χ1) is 33.5. The van der Waals surface area contributed by atoms with Gasteiger partial charge in [0, 0.05) is 41.7 Å². The summed E-state index contributed by atoms with van der Waals surface area (Å²) in [4.78, 5) is 68.0. The molecule has 2 fully saturated rings. The van der Waals surface area contributed by atoms with Gasteiger partial charge in [0.1, 0.15) is 23.7 Å². The number of hydrogen-bond donors (Lipinski definition) is 2. The van der Waals surface area contributed by atoms with E-state index >= 15 is 4.39 Å². The van der Waals surface area contributed by atoms with Gasteiger partial charge in [0.2, 0.25) is 18.0 Å². The lowest BCUT2D eigenvalue weighted by molar-refractivity contribution is -0.134. The predicted octanol–water partition coefficient (Wildman–Crippen LogP) is 9.79. The number of rotatable bonds is 11. The fourth-order valence-corrected chi connectivity index (χ4v) is 12.9. The van der Waals surface area contributed by atoms with Crippen LogP contribution in [0.15, 0.2) is 64.7 Å². The van der Waals surface area contributed by atoms with Crippen LogP contribution in [-0.4, -0.2) is 108 Å². The van der Waals surface area contributed by atoms with Gasteiger partial charge in [-0.25, -0.2) is 14.0 Å². The van der Waals surface area contributed by atoms with E-state index in [1.165, 1.54) is 24.7 Å². The molecule has 6 aliphatic rings. The molecule has 400 valence electrons. The Hall–Kier alpha value is -4.89. The van der Waals surface area contributed by atoms with E-state index in [1.807, 2.05) is 55.8 Å². The van der Waals surface area contributed by atoms with E-state index < -0.39 is 36.3 Å². The number of aliphatic imine (C=N–C) groups is 2. The molecule has 2 aromatic carbocycles.